The number of aryl methyl sites for hydroxylation is 2. The predicted molar refractivity (Wildman–Crippen MR) is 88.9 cm³/mol. The summed E-state index contributed by atoms with van der Waals surface area (Å²) < 4.78 is 4.97. The van der Waals surface area contributed by atoms with E-state index in [1.165, 1.54) is 0 Å². The largest absolute Gasteiger partial charge is 0.352 e. The second-order valence-electron chi connectivity index (χ2n) is 5.47. The number of aromatic nitrogens is 3. The van der Waals surface area contributed by atoms with Crippen LogP contribution in [-0.4, -0.2) is 21.0 Å². The van der Waals surface area contributed by atoms with E-state index in [-0.39, 0.29) is 5.91 Å². The predicted octanol–water partition coefficient (Wildman–Crippen LogP) is 2.69. The molecule has 1 amide bonds. The third kappa shape index (κ3) is 4.25. The second-order valence-corrected chi connectivity index (χ2v) is 5.47. The summed E-state index contributed by atoms with van der Waals surface area (Å²) in [5, 5.41) is 6.81. The maximum Gasteiger partial charge on any atom is 0.223 e. The van der Waals surface area contributed by atoms with Crippen molar-refractivity contribution < 1.29 is 9.32 Å². The van der Waals surface area contributed by atoms with E-state index in [1.807, 2.05) is 36.4 Å². The van der Waals surface area contributed by atoms with Crippen LogP contribution < -0.4 is 5.32 Å². The van der Waals surface area contributed by atoms with Crippen molar-refractivity contribution in [3.05, 3.63) is 65.8 Å². The van der Waals surface area contributed by atoms with Gasteiger partial charge in [0.2, 0.25) is 17.6 Å². The molecule has 0 aliphatic rings. The van der Waals surface area contributed by atoms with Crippen LogP contribution >= 0.6 is 0 Å². The number of rotatable bonds is 6. The molecule has 0 saturated carbocycles. The molecule has 0 bridgehead atoms. The molecule has 0 radical (unpaired) electrons. The highest BCUT2D eigenvalue weighted by Crippen LogP contribution is 2.16. The van der Waals surface area contributed by atoms with Crippen LogP contribution in [0.5, 0.6) is 0 Å². The van der Waals surface area contributed by atoms with E-state index in [1.54, 1.807) is 19.3 Å². The van der Waals surface area contributed by atoms with Crippen molar-refractivity contribution >= 4 is 5.91 Å². The van der Waals surface area contributed by atoms with Crippen molar-refractivity contribution in [2.24, 2.45) is 0 Å². The molecule has 0 aliphatic carbocycles. The number of nitrogens with one attached hydrogen (secondary N) is 1. The van der Waals surface area contributed by atoms with Crippen molar-refractivity contribution in [2.75, 3.05) is 0 Å². The molecule has 1 aromatic carbocycles. The summed E-state index contributed by atoms with van der Waals surface area (Å²) in [6.45, 7) is 2.25. The summed E-state index contributed by atoms with van der Waals surface area (Å²) in [6.07, 6.45) is 4.65. The second kappa shape index (κ2) is 7.50. The SMILES string of the molecule is Cc1nc(-c2ccc(CNC(=O)CCc3cccnc3)cc2)no1. The minimum atomic E-state index is 0.0247. The summed E-state index contributed by atoms with van der Waals surface area (Å²) in [7, 11) is 0. The summed E-state index contributed by atoms with van der Waals surface area (Å²) >= 11 is 0. The van der Waals surface area contributed by atoms with Gasteiger partial charge in [-0.25, -0.2) is 0 Å². The van der Waals surface area contributed by atoms with Crippen LogP contribution in [0.15, 0.2) is 53.3 Å². The quantitative estimate of drug-likeness (QED) is 0.754. The van der Waals surface area contributed by atoms with E-state index in [9.17, 15) is 4.79 Å². The zero-order valence-electron chi connectivity index (χ0n) is 13.4. The lowest BCUT2D eigenvalue weighted by Crippen LogP contribution is -2.22. The first-order valence-electron chi connectivity index (χ1n) is 7.76. The van der Waals surface area contributed by atoms with Crippen molar-refractivity contribution in [2.45, 2.75) is 26.3 Å². The van der Waals surface area contributed by atoms with Crippen molar-refractivity contribution in [1.82, 2.24) is 20.4 Å². The Morgan fingerprint density at radius 2 is 2.00 bits per heavy atom. The molecule has 3 aromatic rings. The average Bonchev–Trinajstić information content (AvgIpc) is 3.06. The Morgan fingerprint density at radius 3 is 2.67 bits per heavy atom. The number of pyridine rings is 1. The maximum atomic E-state index is 11.9. The first-order valence-corrected chi connectivity index (χ1v) is 7.76. The van der Waals surface area contributed by atoms with Gasteiger partial charge in [-0.15, -0.1) is 0 Å². The van der Waals surface area contributed by atoms with Gasteiger partial charge in [-0.3, -0.25) is 9.78 Å². The lowest BCUT2D eigenvalue weighted by atomic mass is 10.1. The van der Waals surface area contributed by atoms with E-state index in [0.29, 0.717) is 31.1 Å². The minimum Gasteiger partial charge on any atom is -0.352 e. The molecule has 0 unspecified atom stereocenters. The van der Waals surface area contributed by atoms with E-state index < -0.39 is 0 Å². The number of amides is 1. The van der Waals surface area contributed by atoms with Gasteiger partial charge in [-0.1, -0.05) is 35.5 Å². The zero-order valence-corrected chi connectivity index (χ0v) is 13.4. The summed E-state index contributed by atoms with van der Waals surface area (Å²) in [6, 6.07) is 11.6. The van der Waals surface area contributed by atoms with Crippen molar-refractivity contribution in [1.29, 1.82) is 0 Å². The monoisotopic (exact) mass is 322 g/mol. The Morgan fingerprint density at radius 1 is 1.17 bits per heavy atom. The minimum absolute atomic E-state index is 0.0247. The summed E-state index contributed by atoms with van der Waals surface area (Å²) in [5.74, 6) is 1.13. The lowest BCUT2D eigenvalue weighted by molar-refractivity contribution is -0.121. The van der Waals surface area contributed by atoms with E-state index in [4.69, 9.17) is 4.52 Å². The van der Waals surface area contributed by atoms with Crippen LogP contribution in [0.3, 0.4) is 0 Å². The molecule has 0 fully saturated rings. The number of carbonyl (C=O) groups excluding carboxylic acids is 1. The first kappa shape index (κ1) is 15.9. The van der Waals surface area contributed by atoms with Crippen molar-refractivity contribution in [3.63, 3.8) is 0 Å². The van der Waals surface area contributed by atoms with Gasteiger partial charge in [-0.05, 0) is 23.6 Å². The maximum absolute atomic E-state index is 11.9. The van der Waals surface area contributed by atoms with Gasteiger partial charge in [0.15, 0.2) is 0 Å². The third-order valence-corrected chi connectivity index (χ3v) is 3.59. The number of carbonyl (C=O) groups is 1. The number of hydrogen-bond donors (Lipinski definition) is 1. The van der Waals surface area contributed by atoms with Crippen LogP contribution in [0.4, 0.5) is 0 Å². The van der Waals surface area contributed by atoms with Crippen LogP contribution in [0.25, 0.3) is 11.4 Å². The Hall–Kier alpha value is -3.02. The Labute approximate surface area is 139 Å². The molecule has 6 heteroatoms. The normalized spacial score (nSPS) is 10.5. The molecule has 2 heterocycles. The molecular weight excluding hydrogens is 304 g/mol. The number of benzene rings is 1. The fourth-order valence-electron chi connectivity index (χ4n) is 2.28. The highest BCUT2D eigenvalue weighted by molar-refractivity contribution is 5.76. The Kier molecular flexibility index (Phi) is 4.96. The van der Waals surface area contributed by atoms with Gasteiger partial charge in [0.1, 0.15) is 0 Å². The standard InChI is InChI=1S/C18H18N4O2/c1-13-21-18(22-24-13)16-7-4-15(5-8-16)12-20-17(23)9-6-14-3-2-10-19-11-14/h2-5,7-8,10-11H,6,9,12H2,1H3,(H,20,23). The molecule has 0 spiro atoms. The number of nitrogens with zero attached hydrogens (tertiary/aromatic N) is 3. The smallest absolute Gasteiger partial charge is 0.223 e. The third-order valence-electron chi connectivity index (χ3n) is 3.59. The van der Waals surface area contributed by atoms with Crippen LogP contribution in [0.1, 0.15) is 23.4 Å². The fourth-order valence-corrected chi connectivity index (χ4v) is 2.28. The average molecular weight is 322 g/mol. The van der Waals surface area contributed by atoms with E-state index in [2.05, 4.69) is 20.4 Å². The molecule has 0 saturated heterocycles. The topological polar surface area (TPSA) is 80.9 Å². The van der Waals surface area contributed by atoms with Gasteiger partial charge in [-0.2, -0.15) is 4.98 Å². The van der Waals surface area contributed by atoms with E-state index in [0.717, 1.165) is 16.7 Å². The summed E-state index contributed by atoms with van der Waals surface area (Å²) in [5.41, 5.74) is 2.97. The molecule has 1 N–H and O–H groups in total. The molecule has 6 nitrogen and oxygen atoms in total. The van der Waals surface area contributed by atoms with Crippen LogP contribution in [0, 0.1) is 6.92 Å². The zero-order chi connectivity index (χ0) is 16.8. The molecule has 2 aromatic heterocycles. The molecule has 3 rings (SSSR count). The molecule has 122 valence electrons. The highest BCUT2D eigenvalue weighted by Gasteiger charge is 2.06. The lowest BCUT2D eigenvalue weighted by Gasteiger charge is -2.06. The molecule has 24 heavy (non-hydrogen) atoms. The molecule has 0 aliphatic heterocycles. The van der Waals surface area contributed by atoms with Gasteiger partial charge < -0.3 is 9.84 Å². The highest BCUT2D eigenvalue weighted by atomic mass is 16.5. The van der Waals surface area contributed by atoms with Crippen molar-refractivity contribution in [3.8, 4) is 11.4 Å². The molecular formula is C18H18N4O2. The Bertz CT molecular complexity index is 797. The van der Waals surface area contributed by atoms with Gasteiger partial charge >= 0.3 is 0 Å². The van der Waals surface area contributed by atoms with Gasteiger partial charge in [0.25, 0.3) is 0 Å². The fraction of sp³-hybridized carbons (Fsp3) is 0.222. The van der Waals surface area contributed by atoms with E-state index >= 15 is 0 Å². The summed E-state index contributed by atoms with van der Waals surface area (Å²) in [4.78, 5) is 20.1. The first-order chi connectivity index (χ1) is 11.7. The van der Waals surface area contributed by atoms with Crippen LogP contribution in [0.2, 0.25) is 0 Å². The number of hydrogen-bond acceptors (Lipinski definition) is 5. The van der Waals surface area contributed by atoms with Crippen LogP contribution in [-0.2, 0) is 17.8 Å². The van der Waals surface area contributed by atoms with Gasteiger partial charge in [0.05, 0.1) is 0 Å². The molecule has 0 atom stereocenters. The Balaban J connectivity index is 1.48. The van der Waals surface area contributed by atoms with Gasteiger partial charge in [0, 0.05) is 37.8 Å².